The number of aryl methyl sites for hydroxylation is 2. The average Bonchev–Trinajstić information content (AvgIpc) is 2.30. The van der Waals surface area contributed by atoms with Crippen molar-refractivity contribution in [1.82, 2.24) is 9.78 Å². The first-order valence-corrected chi connectivity index (χ1v) is 4.49. The normalized spacial score (nSPS) is 10.3. The highest BCUT2D eigenvalue weighted by atomic mass is 79.9. The molecule has 1 aromatic rings. The van der Waals surface area contributed by atoms with E-state index in [4.69, 9.17) is 0 Å². The Hall–Kier alpha value is -0.310. The lowest BCUT2D eigenvalue weighted by Gasteiger charge is -1.89. The number of nitrogens with zero attached hydrogens (tertiary/aromatic N) is 2. The van der Waals surface area contributed by atoms with Crippen molar-refractivity contribution in [2.24, 2.45) is 0 Å². The molecule has 56 valence electrons. The van der Waals surface area contributed by atoms with Gasteiger partial charge in [-0.05, 0) is 13.8 Å². The van der Waals surface area contributed by atoms with Crippen LogP contribution in [0.4, 0.5) is 0 Å². The lowest BCUT2D eigenvalue weighted by atomic mass is 10.3. The van der Waals surface area contributed by atoms with Crippen molar-refractivity contribution in [3.63, 3.8) is 0 Å². The monoisotopic (exact) mass is 202 g/mol. The summed E-state index contributed by atoms with van der Waals surface area (Å²) in [7, 11) is 0. The molecule has 0 bridgehead atoms. The summed E-state index contributed by atoms with van der Waals surface area (Å²) in [5, 5.41) is 5.19. The van der Waals surface area contributed by atoms with Gasteiger partial charge in [-0.25, -0.2) is 0 Å². The first kappa shape index (κ1) is 7.79. The van der Waals surface area contributed by atoms with Gasteiger partial charge in [0.1, 0.15) is 0 Å². The Morgan fingerprint density at radius 3 is 2.70 bits per heavy atom. The Bertz CT molecular complexity index is 217. The molecule has 1 aromatic heterocycles. The fourth-order valence-corrected chi connectivity index (χ4v) is 1.40. The number of rotatable bonds is 2. The molecule has 0 spiro atoms. The summed E-state index contributed by atoms with van der Waals surface area (Å²) in [6.07, 6.45) is 2.07. The van der Waals surface area contributed by atoms with E-state index >= 15 is 0 Å². The van der Waals surface area contributed by atoms with Crippen LogP contribution >= 0.6 is 15.9 Å². The Morgan fingerprint density at radius 1 is 1.70 bits per heavy atom. The van der Waals surface area contributed by atoms with Crippen LogP contribution in [0.15, 0.2) is 6.20 Å². The van der Waals surface area contributed by atoms with Crippen molar-refractivity contribution in [3.05, 3.63) is 17.5 Å². The van der Waals surface area contributed by atoms with E-state index in [0.717, 1.165) is 17.6 Å². The zero-order chi connectivity index (χ0) is 7.56. The predicted molar refractivity (Wildman–Crippen MR) is 45.3 cm³/mol. The summed E-state index contributed by atoms with van der Waals surface area (Å²) in [5.74, 6) is 0. The van der Waals surface area contributed by atoms with Gasteiger partial charge < -0.3 is 0 Å². The number of alkyl halides is 1. The maximum atomic E-state index is 4.29. The fourth-order valence-electron chi connectivity index (χ4n) is 0.852. The Morgan fingerprint density at radius 2 is 2.40 bits per heavy atom. The van der Waals surface area contributed by atoms with Gasteiger partial charge in [0.05, 0.1) is 5.69 Å². The van der Waals surface area contributed by atoms with Gasteiger partial charge in [-0.1, -0.05) is 15.9 Å². The molecule has 10 heavy (non-hydrogen) atoms. The van der Waals surface area contributed by atoms with E-state index in [1.807, 2.05) is 11.6 Å². The number of hydrogen-bond acceptors (Lipinski definition) is 1. The molecule has 1 heterocycles. The molecular weight excluding hydrogens is 192 g/mol. The van der Waals surface area contributed by atoms with Crippen LogP contribution in [-0.4, -0.2) is 9.78 Å². The molecule has 0 unspecified atom stereocenters. The van der Waals surface area contributed by atoms with E-state index in [1.54, 1.807) is 0 Å². The molecule has 0 fully saturated rings. The zero-order valence-electron chi connectivity index (χ0n) is 6.26. The van der Waals surface area contributed by atoms with Crippen molar-refractivity contribution in [1.29, 1.82) is 0 Å². The van der Waals surface area contributed by atoms with Crippen molar-refractivity contribution < 1.29 is 0 Å². The van der Waals surface area contributed by atoms with Gasteiger partial charge in [0.15, 0.2) is 0 Å². The Labute approximate surface area is 69.4 Å². The first-order chi connectivity index (χ1) is 4.77. The SMILES string of the molecule is CCn1cc(CBr)c(C)n1. The van der Waals surface area contributed by atoms with Crippen molar-refractivity contribution >= 4 is 15.9 Å². The number of hydrogen-bond donors (Lipinski definition) is 0. The largest absolute Gasteiger partial charge is 0.272 e. The van der Waals surface area contributed by atoms with Crippen LogP contribution < -0.4 is 0 Å². The lowest BCUT2D eigenvalue weighted by Crippen LogP contribution is -1.93. The van der Waals surface area contributed by atoms with Crippen LogP contribution in [0.2, 0.25) is 0 Å². The Balaban J connectivity index is 2.92. The van der Waals surface area contributed by atoms with Gasteiger partial charge in [0.25, 0.3) is 0 Å². The van der Waals surface area contributed by atoms with Crippen molar-refractivity contribution in [2.45, 2.75) is 25.7 Å². The van der Waals surface area contributed by atoms with E-state index in [2.05, 4.69) is 34.1 Å². The smallest absolute Gasteiger partial charge is 0.0634 e. The molecule has 0 aliphatic carbocycles. The van der Waals surface area contributed by atoms with E-state index in [0.29, 0.717) is 0 Å². The summed E-state index contributed by atoms with van der Waals surface area (Å²) < 4.78 is 1.95. The van der Waals surface area contributed by atoms with Crippen LogP contribution in [0.5, 0.6) is 0 Å². The average molecular weight is 203 g/mol. The first-order valence-electron chi connectivity index (χ1n) is 3.36. The molecule has 0 aliphatic rings. The highest BCUT2D eigenvalue weighted by molar-refractivity contribution is 9.08. The van der Waals surface area contributed by atoms with Gasteiger partial charge in [-0.15, -0.1) is 0 Å². The third-order valence-corrected chi connectivity index (χ3v) is 2.12. The Kier molecular flexibility index (Phi) is 2.49. The molecule has 1 rings (SSSR count). The maximum Gasteiger partial charge on any atom is 0.0634 e. The van der Waals surface area contributed by atoms with Crippen LogP contribution in [0, 0.1) is 6.92 Å². The second-order valence-corrected chi connectivity index (χ2v) is 2.79. The molecule has 0 saturated heterocycles. The third-order valence-electron chi connectivity index (χ3n) is 1.52. The molecule has 0 aromatic carbocycles. The molecule has 0 aliphatic heterocycles. The summed E-state index contributed by atoms with van der Waals surface area (Å²) in [6.45, 7) is 5.07. The van der Waals surface area contributed by atoms with Gasteiger partial charge in [0, 0.05) is 23.6 Å². The maximum absolute atomic E-state index is 4.29. The minimum atomic E-state index is 0.902. The quantitative estimate of drug-likeness (QED) is 0.673. The minimum Gasteiger partial charge on any atom is -0.272 e. The van der Waals surface area contributed by atoms with E-state index in [9.17, 15) is 0 Å². The zero-order valence-corrected chi connectivity index (χ0v) is 7.85. The van der Waals surface area contributed by atoms with Gasteiger partial charge in [0.2, 0.25) is 0 Å². The molecule has 0 radical (unpaired) electrons. The summed E-state index contributed by atoms with van der Waals surface area (Å²) >= 11 is 3.40. The van der Waals surface area contributed by atoms with E-state index in [-0.39, 0.29) is 0 Å². The molecular formula is C7H11BrN2. The van der Waals surface area contributed by atoms with Crippen LogP contribution in [0.25, 0.3) is 0 Å². The highest BCUT2D eigenvalue weighted by Gasteiger charge is 2.00. The topological polar surface area (TPSA) is 17.8 Å². The number of halogens is 1. The molecule has 0 saturated carbocycles. The van der Waals surface area contributed by atoms with E-state index < -0.39 is 0 Å². The van der Waals surface area contributed by atoms with Crippen molar-refractivity contribution in [3.8, 4) is 0 Å². The lowest BCUT2D eigenvalue weighted by molar-refractivity contribution is 0.653. The standard InChI is InChI=1S/C7H11BrN2/c1-3-10-5-7(4-8)6(2)9-10/h5H,3-4H2,1-2H3. The third kappa shape index (κ3) is 1.40. The van der Waals surface area contributed by atoms with E-state index in [1.165, 1.54) is 5.56 Å². The molecule has 3 heteroatoms. The molecule has 0 amide bonds. The predicted octanol–water partition coefficient (Wildman–Crippen LogP) is 2.11. The molecule has 0 atom stereocenters. The van der Waals surface area contributed by atoms with Gasteiger partial charge in [-0.2, -0.15) is 5.10 Å². The van der Waals surface area contributed by atoms with Crippen LogP contribution in [0.3, 0.4) is 0 Å². The highest BCUT2D eigenvalue weighted by Crippen LogP contribution is 2.09. The molecule has 0 N–H and O–H groups in total. The summed E-state index contributed by atoms with van der Waals surface area (Å²) in [5.41, 5.74) is 2.40. The van der Waals surface area contributed by atoms with Crippen LogP contribution in [-0.2, 0) is 11.9 Å². The van der Waals surface area contributed by atoms with Crippen molar-refractivity contribution in [2.75, 3.05) is 0 Å². The minimum absolute atomic E-state index is 0.902. The summed E-state index contributed by atoms with van der Waals surface area (Å²) in [6, 6.07) is 0. The second kappa shape index (κ2) is 3.19. The van der Waals surface area contributed by atoms with Gasteiger partial charge in [-0.3, -0.25) is 4.68 Å². The van der Waals surface area contributed by atoms with Gasteiger partial charge >= 0.3 is 0 Å². The number of aromatic nitrogens is 2. The fraction of sp³-hybridized carbons (Fsp3) is 0.571. The summed E-state index contributed by atoms with van der Waals surface area (Å²) in [4.78, 5) is 0. The molecule has 2 nitrogen and oxygen atoms in total. The second-order valence-electron chi connectivity index (χ2n) is 2.23. The van der Waals surface area contributed by atoms with Crippen LogP contribution in [0.1, 0.15) is 18.2 Å².